The first-order chi connectivity index (χ1) is 7.22. The number of nitrogens with zero attached hydrogens (tertiary/aromatic N) is 1. The minimum absolute atomic E-state index is 0.420. The van der Waals surface area contributed by atoms with Crippen LogP contribution in [0.15, 0.2) is 0 Å². The summed E-state index contributed by atoms with van der Waals surface area (Å²) in [6, 6.07) is 2.14. The van der Waals surface area contributed by atoms with E-state index in [-0.39, 0.29) is 0 Å². The average Bonchev–Trinajstić information content (AvgIpc) is 2.84. The fraction of sp³-hybridized carbons (Fsp3) is 1.00. The number of rotatable bonds is 3. The molecular weight excluding hydrogens is 188 g/mol. The second-order valence-corrected chi connectivity index (χ2v) is 5.05. The van der Waals surface area contributed by atoms with E-state index in [1.807, 2.05) is 0 Å². The van der Waals surface area contributed by atoms with Crippen molar-refractivity contribution in [2.24, 2.45) is 0 Å². The zero-order valence-corrected chi connectivity index (χ0v) is 10.2. The van der Waals surface area contributed by atoms with Gasteiger partial charge in [0.2, 0.25) is 0 Å². The SMILES string of the molecule is CNC1CCC(N(C)C2CCOC2C)C1. The van der Waals surface area contributed by atoms with Crippen molar-refractivity contribution in [1.29, 1.82) is 0 Å². The normalized spacial score (nSPS) is 41.6. The molecule has 3 heteroatoms. The number of hydrogen-bond acceptors (Lipinski definition) is 3. The predicted octanol–water partition coefficient (Wildman–Crippen LogP) is 1.24. The monoisotopic (exact) mass is 212 g/mol. The molecule has 0 bridgehead atoms. The Morgan fingerprint density at radius 2 is 2.07 bits per heavy atom. The molecule has 0 aromatic heterocycles. The third kappa shape index (κ3) is 2.35. The summed E-state index contributed by atoms with van der Waals surface area (Å²) in [6.45, 7) is 3.15. The summed E-state index contributed by atoms with van der Waals surface area (Å²) in [6.07, 6.45) is 5.59. The van der Waals surface area contributed by atoms with Gasteiger partial charge in [0, 0.05) is 24.7 Å². The van der Waals surface area contributed by atoms with Crippen molar-refractivity contribution >= 4 is 0 Å². The van der Waals surface area contributed by atoms with Crippen LogP contribution in [-0.2, 0) is 4.74 Å². The van der Waals surface area contributed by atoms with E-state index in [0.29, 0.717) is 12.1 Å². The second kappa shape index (κ2) is 4.81. The zero-order chi connectivity index (χ0) is 10.8. The molecule has 1 saturated carbocycles. The molecule has 2 aliphatic rings. The molecule has 1 aliphatic heterocycles. The fourth-order valence-electron chi connectivity index (χ4n) is 3.12. The molecule has 1 N–H and O–H groups in total. The Hall–Kier alpha value is -0.120. The number of hydrogen-bond donors (Lipinski definition) is 1. The molecule has 88 valence electrons. The largest absolute Gasteiger partial charge is 0.377 e. The van der Waals surface area contributed by atoms with E-state index >= 15 is 0 Å². The Bertz CT molecular complexity index is 210. The standard InChI is InChI=1S/C12H24N2O/c1-9-12(6-7-15-9)14(3)11-5-4-10(8-11)13-2/h9-13H,4-8H2,1-3H3. The van der Waals surface area contributed by atoms with Crippen LogP contribution in [0.1, 0.15) is 32.6 Å². The lowest BCUT2D eigenvalue weighted by Crippen LogP contribution is -2.43. The highest BCUT2D eigenvalue weighted by Crippen LogP contribution is 2.28. The van der Waals surface area contributed by atoms with Gasteiger partial charge >= 0.3 is 0 Å². The van der Waals surface area contributed by atoms with Gasteiger partial charge in [0.05, 0.1) is 6.10 Å². The average molecular weight is 212 g/mol. The summed E-state index contributed by atoms with van der Waals surface area (Å²) >= 11 is 0. The highest BCUT2D eigenvalue weighted by atomic mass is 16.5. The molecule has 0 aromatic rings. The Balaban J connectivity index is 1.88. The van der Waals surface area contributed by atoms with Gasteiger partial charge in [-0.1, -0.05) is 0 Å². The van der Waals surface area contributed by atoms with Crippen LogP contribution in [0.3, 0.4) is 0 Å². The van der Waals surface area contributed by atoms with Crippen molar-refractivity contribution in [3.8, 4) is 0 Å². The maximum atomic E-state index is 5.64. The molecule has 0 radical (unpaired) electrons. The molecule has 4 unspecified atom stereocenters. The van der Waals surface area contributed by atoms with Gasteiger partial charge in [-0.15, -0.1) is 0 Å². The third-order valence-corrected chi connectivity index (χ3v) is 4.25. The van der Waals surface area contributed by atoms with Crippen molar-refractivity contribution < 1.29 is 4.74 Å². The summed E-state index contributed by atoms with van der Waals surface area (Å²) < 4.78 is 5.64. The van der Waals surface area contributed by atoms with Gasteiger partial charge in [-0.25, -0.2) is 0 Å². The summed E-state index contributed by atoms with van der Waals surface area (Å²) in [5, 5.41) is 3.39. The van der Waals surface area contributed by atoms with E-state index in [1.165, 1.54) is 25.7 Å². The second-order valence-electron chi connectivity index (χ2n) is 5.05. The van der Waals surface area contributed by atoms with Crippen LogP contribution in [0.25, 0.3) is 0 Å². The van der Waals surface area contributed by atoms with Crippen molar-refractivity contribution in [3.05, 3.63) is 0 Å². The molecular formula is C12H24N2O. The highest BCUT2D eigenvalue weighted by molar-refractivity contribution is 4.90. The van der Waals surface area contributed by atoms with Crippen LogP contribution in [0.4, 0.5) is 0 Å². The van der Waals surface area contributed by atoms with Gasteiger partial charge in [0.25, 0.3) is 0 Å². The molecule has 1 saturated heterocycles. The summed E-state index contributed by atoms with van der Waals surface area (Å²) in [5.41, 5.74) is 0. The number of nitrogens with one attached hydrogen (secondary N) is 1. The van der Waals surface area contributed by atoms with Crippen LogP contribution in [0.5, 0.6) is 0 Å². The molecule has 3 nitrogen and oxygen atoms in total. The predicted molar refractivity (Wildman–Crippen MR) is 62.1 cm³/mol. The van der Waals surface area contributed by atoms with E-state index in [9.17, 15) is 0 Å². The molecule has 2 rings (SSSR count). The highest BCUT2D eigenvalue weighted by Gasteiger charge is 2.34. The molecule has 4 atom stereocenters. The Morgan fingerprint density at radius 3 is 2.60 bits per heavy atom. The van der Waals surface area contributed by atoms with Crippen LogP contribution < -0.4 is 5.32 Å². The molecule has 0 aromatic carbocycles. The van der Waals surface area contributed by atoms with E-state index in [1.54, 1.807) is 0 Å². The maximum absolute atomic E-state index is 5.64. The van der Waals surface area contributed by atoms with Gasteiger partial charge in [-0.3, -0.25) is 4.90 Å². The Morgan fingerprint density at radius 1 is 1.27 bits per heavy atom. The maximum Gasteiger partial charge on any atom is 0.0703 e. The lowest BCUT2D eigenvalue weighted by atomic mass is 10.1. The first kappa shape index (κ1) is 11.4. The quantitative estimate of drug-likeness (QED) is 0.761. The van der Waals surface area contributed by atoms with Crippen molar-refractivity contribution in [2.45, 2.75) is 56.8 Å². The smallest absolute Gasteiger partial charge is 0.0703 e. The summed E-state index contributed by atoms with van der Waals surface area (Å²) in [4.78, 5) is 2.56. The van der Waals surface area contributed by atoms with Crippen molar-refractivity contribution in [2.75, 3.05) is 20.7 Å². The van der Waals surface area contributed by atoms with Crippen molar-refractivity contribution in [3.63, 3.8) is 0 Å². The lowest BCUT2D eigenvalue weighted by molar-refractivity contribution is 0.0680. The Kier molecular flexibility index (Phi) is 3.65. The van der Waals surface area contributed by atoms with E-state index < -0.39 is 0 Å². The zero-order valence-electron chi connectivity index (χ0n) is 10.2. The molecule has 2 fully saturated rings. The minimum atomic E-state index is 0.420. The molecule has 15 heavy (non-hydrogen) atoms. The molecule has 1 aliphatic carbocycles. The first-order valence-electron chi connectivity index (χ1n) is 6.23. The number of ether oxygens (including phenoxy) is 1. The number of likely N-dealkylation sites (N-methyl/N-ethyl adjacent to an activating group) is 1. The van der Waals surface area contributed by atoms with E-state index in [0.717, 1.165) is 18.7 Å². The third-order valence-electron chi connectivity index (χ3n) is 4.25. The fourth-order valence-corrected chi connectivity index (χ4v) is 3.12. The first-order valence-corrected chi connectivity index (χ1v) is 6.23. The van der Waals surface area contributed by atoms with Gasteiger partial charge in [-0.2, -0.15) is 0 Å². The van der Waals surface area contributed by atoms with Gasteiger partial charge < -0.3 is 10.1 Å². The van der Waals surface area contributed by atoms with Crippen LogP contribution >= 0.6 is 0 Å². The van der Waals surface area contributed by atoms with E-state index in [4.69, 9.17) is 4.74 Å². The molecule has 0 amide bonds. The minimum Gasteiger partial charge on any atom is -0.377 e. The van der Waals surface area contributed by atoms with Crippen molar-refractivity contribution in [1.82, 2.24) is 10.2 Å². The Labute approximate surface area is 93.2 Å². The van der Waals surface area contributed by atoms with Gasteiger partial charge in [0.15, 0.2) is 0 Å². The summed E-state index contributed by atoms with van der Waals surface area (Å²) in [5.74, 6) is 0. The topological polar surface area (TPSA) is 24.5 Å². The van der Waals surface area contributed by atoms with Gasteiger partial charge in [0.1, 0.15) is 0 Å². The van der Waals surface area contributed by atoms with Crippen LogP contribution in [0.2, 0.25) is 0 Å². The van der Waals surface area contributed by atoms with Crippen LogP contribution in [0, 0.1) is 0 Å². The molecule has 0 spiro atoms. The molecule has 1 heterocycles. The lowest BCUT2D eigenvalue weighted by Gasteiger charge is -2.32. The van der Waals surface area contributed by atoms with Crippen LogP contribution in [-0.4, -0.2) is 49.8 Å². The summed E-state index contributed by atoms with van der Waals surface area (Å²) in [7, 11) is 4.35. The van der Waals surface area contributed by atoms with E-state index in [2.05, 4.69) is 31.2 Å². The van der Waals surface area contributed by atoms with Gasteiger partial charge in [-0.05, 0) is 46.7 Å².